The number of esters is 1. The van der Waals surface area contributed by atoms with Crippen molar-refractivity contribution in [1.82, 2.24) is 0 Å². The first-order valence-electron chi connectivity index (χ1n) is 12.0. The molecule has 1 saturated carbocycles. The van der Waals surface area contributed by atoms with Gasteiger partial charge in [-0.25, -0.2) is 0 Å². The molecule has 31 heavy (non-hydrogen) atoms. The number of rotatable bonds is 5. The molecule has 6 heteroatoms. The van der Waals surface area contributed by atoms with Crippen molar-refractivity contribution in [3.63, 3.8) is 0 Å². The Kier molecular flexibility index (Phi) is 7.27. The van der Waals surface area contributed by atoms with Crippen LogP contribution in [0.3, 0.4) is 0 Å². The van der Waals surface area contributed by atoms with Crippen molar-refractivity contribution in [3.05, 3.63) is 12.2 Å². The maximum absolute atomic E-state index is 12.6. The average Bonchev–Trinajstić information content (AvgIpc) is 3.09. The molecule has 2 heterocycles. The fraction of sp³-hybridized carbons (Fsp3) is 0.880. The summed E-state index contributed by atoms with van der Waals surface area (Å²) < 4.78 is 18.4. The van der Waals surface area contributed by atoms with Gasteiger partial charge in [0.15, 0.2) is 0 Å². The van der Waals surface area contributed by atoms with Crippen LogP contribution < -0.4 is 0 Å². The molecule has 0 unspecified atom stereocenters. The highest BCUT2D eigenvalue weighted by Gasteiger charge is 2.63. The normalized spacial score (nSPS) is 45.6. The molecular formula is C25H42O6. The second-order valence-electron chi connectivity index (χ2n) is 10.7. The number of carbonyl (C=O) groups excluding carboxylic acids is 1. The fourth-order valence-corrected chi connectivity index (χ4v) is 6.41. The molecule has 3 fully saturated rings. The van der Waals surface area contributed by atoms with Gasteiger partial charge in [0.25, 0.3) is 0 Å². The summed E-state index contributed by atoms with van der Waals surface area (Å²) in [7, 11) is 1.54. The van der Waals surface area contributed by atoms with Gasteiger partial charge in [-0.05, 0) is 57.8 Å². The molecule has 2 N–H and O–H groups in total. The van der Waals surface area contributed by atoms with E-state index in [1.54, 1.807) is 14.0 Å². The van der Waals surface area contributed by atoms with Gasteiger partial charge in [-0.1, -0.05) is 32.9 Å². The third-order valence-corrected chi connectivity index (χ3v) is 8.20. The quantitative estimate of drug-likeness (QED) is 0.504. The van der Waals surface area contributed by atoms with E-state index in [0.29, 0.717) is 37.5 Å². The Labute approximate surface area is 187 Å². The fourth-order valence-electron chi connectivity index (χ4n) is 6.41. The van der Waals surface area contributed by atoms with Crippen LogP contribution in [0.2, 0.25) is 0 Å². The monoisotopic (exact) mass is 438 g/mol. The molecule has 9 atom stereocenters. The number of aliphatic hydroxyl groups excluding tert-OH is 1. The molecule has 2 saturated heterocycles. The maximum Gasteiger partial charge on any atom is 0.306 e. The predicted octanol–water partition coefficient (Wildman–Crippen LogP) is 3.63. The Balaban J connectivity index is 2.11. The predicted molar refractivity (Wildman–Crippen MR) is 118 cm³/mol. The van der Waals surface area contributed by atoms with Gasteiger partial charge in [0.1, 0.15) is 23.4 Å². The van der Waals surface area contributed by atoms with Gasteiger partial charge in [0.05, 0.1) is 12.2 Å². The summed E-state index contributed by atoms with van der Waals surface area (Å²) in [5.41, 5.74) is -1.31. The van der Waals surface area contributed by atoms with E-state index in [1.807, 2.05) is 13.8 Å². The van der Waals surface area contributed by atoms with E-state index in [9.17, 15) is 15.0 Å². The van der Waals surface area contributed by atoms with Gasteiger partial charge < -0.3 is 24.4 Å². The Morgan fingerprint density at radius 1 is 1.32 bits per heavy atom. The second-order valence-corrected chi connectivity index (χ2v) is 10.7. The zero-order valence-electron chi connectivity index (χ0n) is 20.1. The number of fused-ring (bicyclic) bond motifs is 5. The highest BCUT2D eigenvalue weighted by molar-refractivity contribution is 5.69. The first-order valence-corrected chi connectivity index (χ1v) is 12.0. The van der Waals surface area contributed by atoms with Crippen LogP contribution in [0.5, 0.6) is 0 Å². The van der Waals surface area contributed by atoms with Gasteiger partial charge in [-0.15, -0.1) is 0 Å². The lowest BCUT2D eigenvalue weighted by atomic mass is 9.60. The number of ether oxygens (including phenoxy) is 3. The van der Waals surface area contributed by atoms with E-state index >= 15 is 0 Å². The van der Waals surface area contributed by atoms with E-state index in [2.05, 4.69) is 20.4 Å². The van der Waals surface area contributed by atoms with E-state index in [1.165, 1.54) is 0 Å². The number of hydrogen-bond acceptors (Lipinski definition) is 6. The lowest BCUT2D eigenvalue weighted by molar-refractivity contribution is -0.192. The van der Waals surface area contributed by atoms with Gasteiger partial charge in [0.2, 0.25) is 0 Å². The van der Waals surface area contributed by atoms with Crippen LogP contribution in [-0.2, 0) is 19.0 Å². The van der Waals surface area contributed by atoms with Crippen LogP contribution in [0.15, 0.2) is 12.2 Å². The first-order chi connectivity index (χ1) is 14.5. The molecule has 3 rings (SSSR count). The largest absolute Gasteiger partial charge is 0.457 e. The van der Waals surface area contributed by atoms with Gasteiger partial charge in [0, 0.05) is 25.4 Å². The zero-order valence-corrected chi connectivity index (χ0v) is 20.1. The molecule has 0 aromatic carbocycles. The molecule has 2 aliphatic heterocycles. The van der Waals surface area contributed by atoms with E-state index in [-0.39, 0.29) is 23.9 Å². The van der Waals surface area contributed by atoms with Gasteiger partial charge in [-0.3, -0.25) is 4.79 Å². The first kappa shape index (κ1) is 24.7. The van der Waals surface area contributed by atoms with Crippen molar-refractivity contribution >= 4 is 5.97 Å². The number of hydrogen-bond donors (Lipinski definition) is 2. The lowest BCUT2D eigenvalue weighted by Gasteiger charge is -2.47. The van der Waals surface area contributed by atoms with Crippen molar-refractivity contribution in [1.29, 1.82) is 0 Å². The summed E-state index contributed by atoms with van der Waals surface area (Å²) in [5.74, 6) is 0.547. The third kappa shape index (κ3) is 4.33. The Hall–Kier alpha value is -0.950. The van der Waals surface area contributed by atoms with Crippen LogP contribution >= 0.6 is 0 Å². The van der Waals surface area contributed by atoms with Crippen LogP contribution in [0.4, 0.5) is 0 Å². The van der Waals surface area contributed by atoms with Crippen LogP contribution in [0.1, 0.15) is 73.1 Å². The minimum absolute atomic E-state index is 0.0789. The van der Waals surface area contributed by atoms with Crippen molar-refractivity contribution in [2.45, 2.75) is 109 Å². The molecular weight excluding hydrogens is 396 g/mol. The number of aliphatic hydroxyl groups is 2. The molecule has 0 aromatic heterocycles. The SMILES string of the molecule is C=C1CC[C@@H](C(C)C)[C@H]2[C@@H]1[C@H]1O[C@@H]2[C@@](C)(OC(=O)CCC)CC[C@@H](OC)[C@](C)(O)[C@@H]1O. The highest BCUT2D eigenvalue weighted by atomic mass is 16.6. The Morgan fingerprint density at radius 2 is 2.00 bits per heavy atom. The van der Waals surface area contributed by atoms with Gasteiger partial charge in [-0.2, -0.15) is 0 Å². The molecule has 0 amide bonds. The standard InChI is InChI=1S/C25H42O6/c1-8-9-18(26)31-24(5)13-12-17(29-7)25(6,28)22(27)21-19-15(4)10-11-16(14(2)3)20(19)23(24)30-21/h14,16-17,19-23,27-28H,4,8-13H2,1-3,5-7H3/t16-,17+,19+,20-,21+,22+,23-,24-,25-/m0/s1. The van der Waals surface area contributed by atoms with Crippen molar-refractivity contribution in [2.24, 2.45) is 23.7 Å². The second kappa shape index (κ2) is 9.12. The molecule has 0 radical (unpaired) electrons. The van der Waals surface area contributed by atoms with E-state index in [4.69, 9.17) is 14.2 Å². The summed E-state index contributed by atoms with van der Waals surface area (Å²) >= 11 is 0. The minimum Gasteiger partial charge on any atom is -0.457 e. The number of methoxy groups -OCH3 is 1. The van der Waals surface area contributed by atoms with Gasteiger partial charge >= 0.3 is 5.97 Å². The van der Waals surface area contributed by atoms with E-state index < -0.39 is 29.5 Å². The van der Waals surface area contributed by atoms with Crippen LogP contribution in [0.25, 0.3) is 0 Å². The molecule has 1 aliphatic carbocycles. The lowest BCUT2D eigenvalue weighted by Crippen LogP contribution is -2.57. The van der Waals surface area contributed by atoms with Crippen LogP contribution in [0, 0.1) is 23.7 Å². The minimum atomic E-state index is -1.50. The summed E-state index contributed by atoms with van der Waals surface area (Å²) in [4.78, 5) is 12.6. The Bertz CT molecular complexity index is 673. The smallest absolute Gasteiger partial charge is 0.306 e. The van der Waals surface area contributed by atoms with E-state index in [0.717, 1.165) is 18.4 Å². The average molecular weight is 439 g/mol. The summed E-state index contributed by atoms with van der Waals surface area (Å²) in [6, 6.07) is 0. The molecule has 6 nitrogen and oxygen atoms in total. The molecule has 2 bridgehead atoms. The summed E-state index contributed by atoms with van der Waals surface area (Å²) in [6.45, 7) is 14.3. The Morgan fingerprint density at radius 3 is 2.58 bits per heavy atom. The summed E-state index contributed by atoms with van der Waals surface area (Å²) in [5, 5.41) is 22.7. The van der Waals surface area contributed by atoms with Crippen molar-refractivity contribution in [2.75, 3.05) is 7.11 Å². The molecule has 0 spiro atoms. The molecule has 178 valence electrons. The van der Waals surface area contributed by atoms with Crippen molar-refractivity contribution in [3.8, 4) is 0 Å². The van der Waals surface area contributed by atoms with Crippen LogP contribution in [-0.4, -0.2) is 58.9 Å². The highest BCUT2D eigenvalue weighted by Crippen LogP contribution is 2.56. The molecule has 3 aliphatic rings. The topological polar surface area (TPSA) is 85.2 Å². The summed E-state index contributed by atoms with van der Waals surface area (Å²) in [6.07, 6.45) is 1.19. The third-order valence-electron chi connectivity index (χ3n) is 8.20. The maximum atomic E-state index is 12.6. The van der Waals surface area contributed by atoms with Crippen molar-refractivity contribution < 1.29 is 29.2 Å². The molecule has 0 aromatic rings. The number of carbonyl (C=O) groups is 1. The zero-order chi connectivity index (χ0) is 23.1.